The van der Waals surface area contributed by atoms with Crippen molar-refractivity contribution in [2.45, 2.75) is 6.18 Å². The number of aromatic carboxylic acids is 1. The van der Waals surface area contributed by atoms with Crippen molar-refractivity contribution in [2.75, 3.05) is 0 Å². The van der Waals surface area contributed by atoms with Crippen molar-refractivity contribution in [2.24, 2.45) is 7.05 Å². The van der Waals surface area contributed by atoms with Crippen LogP contribution in [-0.4, -0.2) is 24.6 Å². The Bertz CT molecular complexity index is 1130. The average molecular weight is 371 g/mol. The van der Waals surface area contributed by atoms with Crippen molar-refractivity contribution >= 4 is 27.6 Å². The summed E-state index contributed by atoms with van der Waals surface area (Å²) >= 11 is 0.913. The van der Waals surface area contributed by atoms with Crippen LogP contribution < -0.4 is 11.2 Å². The number of aromatic nitrogens is 3. The summed E-state index contributed by atoms with van der Waals surface area (Å²) in [4.78, 5) is 35.5. The van der Waals surface area contributed by atoms with Crippen LogP contribution in [0, 0.1) is 0 Å². The maximum absolute atomic E-state index is 12.9. The van der Waals surface area contributed by atoms with Crippen LogP contribution in [-0.2, 0) is 13.2 Å². The van der Waals surface area contributed by atoms with Gasteiger partial charge in [-0.25, -0.2) is 14.2 Å². The number of alkyl halides is 3. The third kappa shape index (κ3) is 2.71. The minimum absolute atomic E-state index is 0.0467. The molecule has 7 nitrogen and oxygen atoms in total. The Labute approximate surface area is 140 Å². The summed E-state index contributed by atoms with van der Waals surface area (Å²) < 4.78 is 43.7. The summed E-state index contributed by atoms with van der Waals surface area (Å²) in [6.07, 6.45) is -4.86. The van der Waals surface area contributed by atoms with Crippen LogP contribution >= 0.6 is 11.5 Å². The van der Waals surface area contributed by atoms with E-state index in [9.17, 15) is 27.6 Å². The molecule has 0 aliphatic carbocycles. The molecule has 0 aliphatic rings. The van der Waals surface area contributed by atoms with Gasteiger partial charge in [0, 0.05) is 18.5 Å². The topological polar surface area (TPSA) is 94.2 Å². The van der Waals surface area contributed by atoms with E-state index in [1.165, 1.54) is 18.2 Å². The fraction of sp³-hybridized carbons (Fsp3) is 0.143. The molecule has 0 saturated heterocycles. The molecule has 2 heterocycles. The Kier molecular flexibility index (Phi) is 3.75. The van der Waals surface area contributed by atoms with Gasteiger partial charge in [0.2, 0.25) is 0 Å². The molecule has 0 spiro atoms. The normalized spacial score (nSPS) is 11.8. The molecule has 130 valence electrons. The molecule has 1 N–H and O–H groups in total. The SMILES string of the molecule is Cn1c(C(F)(F)F)cc(=O)n(-c2ccc3snc(C(=O)O)c3c2)c1=O. The maximum Gasteiger partial charge on any atom is 0.431 e. The van der Waals surface area contributed by atoms with Crippen molar-refractivity contribution in [3.05, 3.63) is 56.5 Å². The standard InChI is InChI=1S/C14H8F3N3O4S/c1-19-9(14(15,16)17)5-10(21)20(13(19)24)6-2-3-8-7(4-6)11(12(22)23)18-25-8/h2-5H,1H3,(H,22,23). The number of rotatable bonds is 2. The van der Waals surface area contributed by atoms with Gasteiger partial charge in [-0.1, -0.05) is 0 Å². The lowest BCUT2D eigenvalue weighted by Gasteiger charge is -2.13. The highest BCUT2D eigenvalue weighted by molar-refractivity contribution is 7.13. The number of nitrogens with zero attached hydrogens (tertiary/aromatic N) is 3. The van der Waals surface area contributed by atoms with Crippen molar-refractivity contribution in [1.29, 1.82) is 0 Å². The number of carboxylic acid groups (broad SMARTS) is 1. The number of carboxylic acids is 1. The average Bonchev–Trinajstić information content (AvgIpc) is 2.93. The summed E-state index contributed by atoms with van der Waals surface area (Å²) in [6.45, 7) is 0. The molecule has 2 aromatic heterocycles. The van der Waals surface area contributed by atoms with E-state index in [0.717, 1.165) is 18.6 Å². The first-order valence-corrected chi connectivity index (χ1v) is 7.42. The Morgan fingerprint density at radius 3 is 2.52 bits per heavy atom. The van der Waals surface area contributed by atoms with Gasteiger partial charge < -0.3 is 5.11 Å². The molecule has 0 unspecified atom stereocenters. The molecule has 3 aromatic rings. The molecule has 3 rings (SSSR count). The number of halogens is 3. The third-order valence-electron chi connectivity index (χ3n) is 3.52. The minimum Gasteiger partial charge on any atom is -0.476 e. The van der Waals surface area contributed by atoms with E-state index in [1.54, 1.807) is 0 Å². The molecule has 1 aromatic carbocycles. The molecule has 0 radical (unpaired) electrons. The van der Waals surface area contributed by atoms with Gasteiger partial charge in [0.15, 0.2) is 5.69 Å². The number of benzene rings is 1. The number of hydrogen-bond donors (Lipinski definition) is 1. The maximum atomic E-state index is 12.9. The summed E-state index contributed by atoms with van der Waals surface area (Å²) in [5, 5.41) is 9.28. The largest absolute Gasteiger partial charge is 0.476 e. The van der Waals surface area contributed by atoms with E-state index in [-0.39, 0.29) is 16.8 Å². The summed E-state index contributed by atoms with van der Waals surface area (Å²) in [5.74, 6) is -1.30. The molecular weight excluding hydrogens is 363 g/mol. The first kappa shape index (κ1) is 16.9. The molecule has 0 amide bonds. The fourth-order valence-corrected chi connectivity index (χ4v) is 3.10. The van der Waals surface area contributed by atoms with Crippen LogP contribution in [0.2, 0.25) is 0 Å². The van der Waals surface area contributed by atoms with Gasteiger partial charge in [-0.3, -0.25) is 9.36 Å². The van der Waals surface area contributed by atoms with Crippen molar-refractivity contribution in [3.8, 4) is 5.69 Å². The highest BCUT2D eigenvalue weighted by Crippen LogP contribution is 2.27. The first-order valence-electron chi connectivity index (χ1n) is 6.64. The van der Waals surface area contributed by atoms with Crippen LogP contribution in [0.25, 0.3) is 15.8 Å². The second-order valence-electron chi connectivity index (χ2n) is 5.06. The number of carbonyl (C=O) groups is 1. The molecule has 0 fully saturated rings. The van der Waals surface area contributed by atoms with Crippen LogP contribution in [0.5, 0.6) is 0 Å². The monoisotopic (exact) mass is 371 g/mol. The second kappa shape index (κ2) is 5.55. The van der Waals surface area contributed by atoms with Gasteiger partial charge in [0.25, 0.3) is 5.56 Å². The first-order chi connectivity index (χ1) is 11.6. The summed E-state index contributed by atoms with van der Waals surface area (Å²) in [6, 6.07) is 4.33. The van der Waals surface area contributed by atoms with Crippen LogP contribution in [0.3, 0.4) is 0 Å². The minimum atomic E-state index is -4.86. The van der Waals surface area contributed by atoms with Gasteiger partial charge in [-0.2, -0.15) is 17.5 Å². The van der Waals surface area contributed by atoms with Gasteiger partial charge in [0.1, 0.15) is 5.69 Å². The number of hydrogen-bond acceptors (Lipinski definition) is 5. The van der Waals surface area contributed by atoms with Gasteiger partial charge in [-0.15, -0.1) is 0 Å². The molecular formula is C14H8F3N3O4S. The molecule has 25 heavy (non-hydrogen) atoms. The van der Waals surface area contributed by atoms with Crippen molar-refractivity contribution < 1.29 is 23.1 Å². The van der Waals surface area contributed by atoms with Crippen molar-refractivity contribution in [1.82, 2.24) is 13.5 Å². The zero-order chi connectivity index (χ0) is 18.5. The van der Waals surface area contributed by atoms with Gasteiger partial charge >= 0.3 is 17.8 Å². The molecule has 11 heteroatoms. The van der Waals surface area contributed by atoms with E-state index >= 15 is 0 Å². The molecule has 0 atom stereocenters. The van der Waals surface area contributed by atoms with E-state index in [2.05, 4.69) is 4.37 Å². The van der Waals surface area contributed by atoms with E-state index in [4.69, 9.17) is 5.11 Å². The Hall–Kier alpha value is -2.95. The third-order valence-corrected chi connectivity index (χ3v) is 4.35. The lowest BCUT2D eigenvalue weighted by Crippen LogP contribution is -2.40. The van der Waals surface area contributed by atoms with Crippen LogP contribution in [0.1, 0.15) is 16.2 Å². The lowest BCUT2D eigenvalue weighted by atomic mass is 10.2. The van der Waals surface area contributed by atoms with Gasteiger partial charge in [0.05, 0.1) is 10.4 Å². The zero-order valence-corrected chi connectivity index (χ0v) is 13.2. The predicted molar refractivity (Wildman–Crippen MR) is 82.4 cm³/mol. The quantitative estimate of drug-likeness (QED) is 0.742. The summed E-state index contributed by atoms with van der Waals surface area (Å²) in [7, 11) is 0.897. The van der Waals surface area contributed by atoms with E-state index in [0.29, 0.717) is 19.9 Å². The second-order valence-corrected chi connectivity index (χ2v) is 5.86. The Morgan fingerprint density at radius 2 is 1.92 bits per heavy atom. The Morgan fingerprint density at radius 1 is 1.24 bits per heavy atom. The zero-order valence-electron chi connectivity index (χ0n) is 12.4. The van der Waals surface area contributed by atoms with E-state index < -0.39 is 29.1 Å². The van der Waals surface area contributed by atoms with Crippen LogP contribution in [0.15, 0.2) is 33.9 Å². The highest BCUT2D eigenvalue weighted by Gasteiger charge is 2.35. The number of fused-ring (bicyclic) bond motifs is 1. The molecule has 0 aliphatic heterocycles. The highest BCUT2D eigenvalue weighted by atomic mass is 32.1. The van der Waals surface area contributed by atoms with E-state index in [1.807, 2.05) is 0 Å². The summed E-state index contributed by atoms with van der Waals surface area (Å²) in [5.41, 5.74) is -4.05. The predicted octanol–water partition coefficient (Wildman–Crippen LogP) is 1.86. The lowest BCUT2D eigenvalue weighted by molar-refractivity contribution is -0.144. The smallest absolute Gasteiger partial charge is 0.431 e. The Balaban J connectivity index is 2.31. The molecule has 0 saturated carbocycles. The molecule has 0 bridgehead atoms. The fourth-order valence-electron chi connectivity index (χ4n) is 2.36. The van der Waals surface area contributed by atoms with Gasteiger partial charge in [-0.05, 0) is 29.7 Å². The van der Waals surface area contributed by atoms with Crippen LogP contribution in [0.4, 0.5) is 13.2 Å². The van der Waals surface area contributed by atoms with Crippen molar-refractivity contribution in [3.63, 3.8) is 0 Å².